The van der Waals surface area contributed by atoms with Gasteiger partial charge in [-0.3, -0.25) is 0 Å². The molecule has 2 rings (SSSR count). The van der Waals surface area contributed by atoms with Gasteiger partial charge in [0.25, 0.3) is 0 Å². The molecule has 0 unspecified atom stereocenters. The lowest BCUT2D eigenvalue weighted by Gasteiger charge is -2.09. The Morgan fingerprint density at radius 2 is 1.16 bits per heavy atom. The van der Waals surface area contributed by atoms with Gasteiger partial charge in [0.15, 0.2) is 0 Å². The molecule has 0 fully saturated rings. The van der Waals surface area contributed by atoms with Crippen LogP contribution >= 0.6 is 0 Å². The Kier molecular flexibility index (Phi) is 4.35. The van der Waals surface area contributed by atoms with Gasteiger partial charge in [-0.1, -0.05) is 36.4 Å². The van der Waals surface area contributed by atoms with Crippen LogP contribution in [0, 0.1) is 13.8 Å². The zero-order chi connectivity index (χ0) is 13.8. The Bertz CT molecular complexity index is 522. The van der Waals surface area contributed by atoms with Crippen molar-refractivity contribution >= 4 is 0 Å². The summed E-state index contributed by atoms with van der Waals surface area (Å²) in [5.74, 6) is 0. The van der Waals surface area contributed by atoms with Gasteiger partial charge in [-0.25, -0.2) is 0 Å². The third kappa shape index (κ3) is 3.22. The first-order valence-electron chi connectivity index (χ1n) is 6.52. The Morgan fingerprint density at radius 1 is 0.737 bits per heavy atom. The molecule has 2 N–H and O–H groups in total. The van der Waals surface area contributed by atoms with E-state index in [1.807, 2.05) is 26.0 Å². The molecular formula is C17H20O2. The monoisotopic (exact) mass is 256 g/mol. The summed E-state index contributed by atoms with van der Waals surface area (Å²) in [5, 5.41) is 18.3. The van der Waals surface area contributed by atoms with Crippen molar-refractivity contribution in [3.05, 3.63) is 69.8 Å². The maximum Gasteiger partial charge on any atom is 0.0684 e. The Hall–Kier alpha value is -1.64. The first kappa shape index (κ1) is 13.8. The van der Waals surface area contributed by atoms with Gasteiger partial charge in [-0.2, -0.15) is 0 Å². The molecule has 0 atom stereocenters. The Labute approximate surface area is 114 Å². The second-order valence-electron chi connectivity index (χ2n) is 5.01. The molecule has 0 radical (unpaired) electrons. The maximum atomic E-state index is 9.17. The second kappa shape index (κ2) is 6.00. The lowest BCUT2D eigenvalue weighted by Crippen LogP contribution is -1.95. The molecule has 19 heavy (non-hydrogen) atoms. The molecule has 2 nitrogen and oxygen atoms in total. The number of aliphatic hydroxyl groups is 2. The molecule has 2 heteroatoms. The molecule has 2 aromatic rings. The van der Waals surface area contributed by atoms with Crippen LogP contribution in [0.4, 0.5) is 0 Å². The Morgan fingerprint density at radius 3 is 1.47 bits per heavy atom. The lowest BCUT2D eigenvalue weighted by atomic mass is 9.98. The molecular weight excluding hydrogens is 236 g/mol. The number of benzene rings is 2. The third-order valence-corrected chi connectivity index (χ3v) is 3.56. The second-order valence-corrected chi connectivity index (χ2v) is 5.01. The van der Waals surface area contributed by atoms with E-state index in [0.29, 0.717) is 0 Å². The third-order valence-electron chi connectivity index (χ3n) is 3.56. The molecule has 0 saturated heterocycles. The summed E-state index contributed by atoms with van der Waals surface area (Å²) in [6.45, 7) is 4.23. The number of aliphatic hydroxyl groups excluding tert-OH is 2. The summed E-state index contributed by atoms with van der Waals surface area (Å²) < 4.78 is 0. The molecule has 0 amide bonds. The molecule has 0 aliphatic rings. The fourth-order valence-corrected chi connectivity index (χ4v) is 2.33. The maximum absolute atomic E-state index is 9.17. The fourth-order valence-electron chi connectivity index (χ4n) is 2.33. The highest BCUT2D eigenvalue weighted by Crippen LogP contribution is 2.17. The normalized spacial score (nSPS) is 10.7. The topological polar surface area (TPSA) is 40.5 Å². The van der Waals surface area contributed by atoms with Gasteiger partial charge in [-0.05, 0) is 53.6 Å². The van der Waals surface area contributed by atoms with Crippen molar-refractivity contribution in [3.63, 3.8) is 0 Å². The van der Waals surface area contributed by atoms with E-state index in [1.165, 1.54) is 11.1 Å². The van der Waals surface area contributed by atoms with E-state index in [2.05, 4.69) is 24.3 Å². The van der Waals surface area contributed by atoms with Crippen molar-refractivity contribution in [1.82, 2.24) is 0 Å². The van der Waals surface area contributed by atoms with Crippen LogP contribution in [0.25, 0.3) is 0 Å². The van der Waals surface area contributed by atoms with E-state index in [4.69, 9.17) is 10.2 Å². The molecule has 0 aliphatic heterocycles. The first-order valence-corrected chi connectivity index (χ1v) is 6.52. The van der Waals surface area contributed by atoms with Gasteiger partial charge in [0.05, 0.1) is 13.2 Å². The van der Waals surface area contributed by atoms with Gasteiger partial charge in [0, 0.05) is 0 Å². The van der Waals surface area contributed by atoms with E-state index in [-0.39, 0.29) is 13.2 Å². The summed E-state index contributed by atoms with van der Waals surface area (Å²) in [5.41, 5.74) is 6.70. The summed E-state index contributed by atoms with van der Waals surface area (Å²) in [6, 6.07) is 12.3. The van der Waals surface area contributed by atoms with Gasteiger partial charge in [0.1, 0.15) is 0 Å². The largest absolute Gasteiger partial charge is 0.392 e. The number of aryl methyl sites for hydroxylation is 2. The fraction of sp³-hybridized carbons (Fsp3) is 0.294. The van der Waals surface area contributed by atoms with Crippen LogP contribution in [0.5, 0.6) is 0 Å². The number of rotatable bonds is 4. The summed E-state index contributed by atoms with van der Waals surface area (Å²) in [4.78, 5) is 0. The van der Waals surface area contributed by atoms with Crippen molar-refractivity contribution in [2.75, 3.05) is 0 Å². The predicted molar refractivity (Wildman–Crippen MR) is 77.0 cm³/mol. The quantitative estimate of drug-likeness (QED) is 0.883. The van der Waals surface area contributed by atoms with Gasteiger partial charge < -0.3 is 10.2 Å². The highest BCUT2D eigenvalue weighted by molar-refractivity contribution is 5.36. The molecule has 2 aromatic carbocycles. The van der Waals surface area contributed by atoms with Crippen molar-refractivity contribution in [3.8, 4) is 0 Å². The van der Waals surface area contributed by atoms with Crippen molar-refractivity contribution in [1.29, 1.82) is 0 Å². The van der Waals surface area contributed by atoms with Crippen LogP contribution in [0.3, 0.4) is 0 Å². The number of hydrogen-bond donors (Lipinski definition) is 2. The van der Waals surface area contributed by atoms with Crippen LogP contribution in [-0.4, -0.2) is 10.2 Å². The van der Waals surface area contributed by atoms with Crippen molar-refractivity contribution in [2.45, 2.75) is 33.5 Å². The SMILES string of the molecule is Cc1cc(Cc2ccc(CO)c(C)c2)ccc1CO. The van der Waals surface area contributed by atoms with Crippen LogP contribution in [0.15, 0.2) is 36.4 Å². The van der Waals surface area contributed by atoms with Crippen LogP contribution in [0.1, 0.15) is 33.4 Å². The summed E-state index contributed by atoms with van der Waals surface area (Å²) >= 11 is 0. The minimum absolute atomic E-state index is 0.0937. The van der Waals surface area contributed by atoms with Gasteiger partial charge >= 0.3 is 0 Å². The van der Waals surface area contributed by atoms with Gasteiger partial charge in [0.2, 0.25) is 0 Å². The van der Waals surface area contributed by atoms with Crippen LogP contribution in [-0.2, 0) is 19.6 Å². The first-order chi connectivity index (χ1) is 9.13. The number of hydrogen-bond acceptors (Lipinski definition) is 2. The van der Waals surface area contributed by atoms with E-state index < -0.39 is 0 Å². The van der Waals surface area contributed by atoms with E-state index >= 15 is 0 Å². The predicted octanol–water partition coefficient (Wildman–Crippen LogP) is 2.88. The van der Waals surface area contributed by atoms with Crippen LogP contribution in [0.2, 0.25) is 0 Å². The standard InChI is InChI=1S/C17H20O2/c1-12-7-14(3-5-16(12)10-18)9-15-4-6-17(11-19)13(2)8-15/h3-8,18-19H,9-11H2,1-2H3. The molecule has 0 aliphatic carbocycles. The molecule has 100 valence electrons. The minimum atomic E-state index is 0.0937. The summed E-state index contributed by atoms with van der Waals surface area (Å²) in [6.07, 6.45) is 0.874. The molecule has 0 saturated carbocycles. The van der Waals surface area contributed by atoms with E-state index in [9.17, 15) is 0 Å². The van der Waals surface area contributed by atoms with Crippen molar-refractivity contribution in [2.24, 2.45) is 0 Å². The highest BCUT2D eigenvalue weighted by atomic mass is 16.3. The van der Waals surface area contributed by atoms with Gasteiger partial charge in [-0.15, -0.1) is 0 Å². The van der Waals surface area contributed by atoms with E-state index in [0.717, 1.165) is 28.7 Å². The summed E-state index contributed by atoms with van der Waals surface area (Å²) in [7, 11) is 0. The molecule has 0 bridgehead atoms. The average molecular weight is 256 g/mol. The molecule has 0 spiro atoms. The lowest BCUT2D eigenvalue weighted by molar-refractivity contribution is 0.281. The minimum Gasteiger partial charge on any atom is -0.392 e. The molecule has 0 aromatic heterocycles. The Balaban J connectivity index is 2.21. The molecule has 0 heterocycles. The zero-order valence-electron chi connectivity index (χ0n) is 11.5. The highest BCUT2D eigenvalue weighted by Gasteiger charge is 2.03. The zero-order valence-corrected chi connectivity index (χ0v) is 11.5. The van der Waals surface area contributed by atoms with E-state index in [1.54, 1.807) is 0 Å². The average Bonchev–Trinajstić information content (AvgIpc) is 2.39. The smallest absolute Gasteiger partial charge is 0.0684 e. The van der Waals surface area contributed by atoms with Crippen LogP contribution < -0.4 is 0 Å². The van der Waals surface area contributed by atoms with Crippen molar-refractivity contribution < 1.29 is 10.2 Å².